The average molecular weight is 295 g/mol. The van der Waals surface area contributed by atoms with Crippen LogP contribution in [-0.2, 0) is 0 Å². The molecule has 0 saturated carbocycles. The van der Waals surface area contributed by atoms with Crippen molar-refractivity contribution in [3.63, 3.8) is 0 Å². The van der Waals surface area contributed by atoms with E-state index in [1.54, 1.807) is 0 Å². The van der Waals surface area contributed by atoms with Gasteiger partial charge in [0.05, 0.1) is 2.88 Å². The molecule has 1 atom stereocenters. The van der Waals surface area contributed by atoms with Gasteiger partial charge in [0.2, 0.25) is 0 Å². The van der Waals surface area contributed by atoms with E-state index >= 15 is 0 Å². The first-order valence-corrected chi connectivity index (χ1v) is 6.17. The predicted octanol–water partition coefficient (Wildman–Crippen LogP) is 3.41. The first-order valence-electron chi connectivity index (χ1n) is 4.21. The number of rotatable bonds is 4. The lowest BCUT2D eigenvalue weighted by Crippen LogP contribution is -2.18. The van der Waals surface area contributed by atoms with Crippen molar-refractivity contribution in [2.45, 2.75) is 26.3 Å². The molecule has 0 radical (unpaired) electrons. The molecule has 3 heteroatoms. The van der Waals surface area contributed by atoms with Crippen molar-refractivity contribution in [3.05, 3.63) is 19.9 Å². The van der Waals surface area contributed by atoms with E-state index in [1.165, 1.54) is 14.9 Å². The van der Waals surface area contributed by atoms with E-state index in [2.05, 4.69) is 53.2 Å². The predicted molar refractivity (Wildman–Crippen MR) is 63.7 cm³/mol. The SMILES string of the molecule is CCCNC(C)c1csc(I)c1. The highest BCUT2D eigenvalue weighted by Crippen LogP contribution is 2.21. The van der Waals surface area contributed by atoms with E-state index in [1.807, 2.05) is 11.3 Å². The molecule has 1 rings (SSSR count). The Morgan fingerprint density at radius 1 is 1.67 bits per heavy atom. The van der Waals surface area contributed by atoms with Gasteiger partial charge in [0.25, 0.3) is 0 Å². The molecular formula is C9H14INS. The summed E-state index contributed by atoms with van der Waals surface area (Å²) in [6, 6.07) is 2.75. The minimum Gasteiger partial charge on any atom is -0.310 e. The molecule has 0 amide bonds. The molecular weight excluding hydrogens is 281 g/mol. The lowest BCUT2D eigenvalue weighted by molar-refractivity contribution is 0.572. The van der Waals surface area contributed by atoms with E-state index < -0.39 is 0 Å². The maximum Gasteiger partial charge on any atom is 0.0656 e. The van der Waals surface area contributed by atoms with E-state index in [-0.39, 0.29) is 0 Å². The molecule has 68 valence electrons. The first-order chi connectivity index (χ1) is 5.74. The molecule has 1 unspecified atom stereocenters. The number of nitrogens with one attached hydrogen (secondary N) is 1. The van der Waals surface area contributed by atoms with E-state index in [9.17, 15) is 0 Å². The van der Waals surface area contributed by atoms with Crippen LogP contribution in [0.5, 0.6) is 0 Å². The Balaban J connectivity index is 2.47. The van der Waals surface area contributed by atoms with Crippen LogP contribution in [0.3, 0.4) is 0 Å². The van der Waals surface area contributed by atoms with Crippen LogP contribution < -0.4 is 5.32 Å². The van der Waals surface area contributed by atoms with Crippen molar-refractivity contribution in [1.29, 1.82) is 0 Å². The van der Waals surface area contributed by atoms with Crippen LogP contribution in [0.2, 0.25) is 0 Å². The van der Waals surface area contributed by atoms with Gasteiger partial charge in [0, 0.05) is 6.04 Å². The fourth-order valence-electron chi connectivity index (χ4n) is 1.03. The average Bonchev–Trinajstić information content (AvgIpc) is 2.47. The topological polar surface area (TPSA) is 12.0 Å². The van der Waals surface area contributed by atoms with Crippen molar-refractivity contribution in [3.8, 4) is 0 Å². The fourth-order valence-corrected chi connectivity index (χ4v) is 2.50. The zero-order chi connectivity index (χ0) is 8.97. The summed E-state index contributed by atoms with van der Waals surface area (Å²) in [5.41, 5.74) is 1.41. The molecule has 0 bridgehead atoms. The van der Waals surface area contributed by atoms with Gasteiger partial charge in [-0.15, -0.1) is 11.3 Å². The second kappa shape index (κ2) is 5.19. The van der Waals surface area contributed by atoms with Gasteiger partial charge in [-0.05, 0) is 59.5 Å². The first kappa shape index (κ1) is 10.5. The summed E-state index contributed by atoms with van der Waals surface area (Å²) in [5.74, 6) is 0. The molecule has 1 aromatic heterocycles. The highest BCUT2D eigenvalue weighted by atomic mass is 127. The van der Waals surface area contributed by atoms with Gasteiger partial charge in [-0.1, -0.05) is 6.92 Å². The molecule has 1 aromatic rings. The third kappa shape index (κ3) is 3.03. The molecule has 0 fully saturated rings. The highest BCUT2D eigenvalue weighted by molar-refractivity contribution is 14.1. The van der Waals surface area contributed by atoms with Crippen LogP contribution in [0.15, 0.2) is 11.4 Å². The second-order valence-corrected chi connectivity index (χ2v) is 5.67. The Morgan fingerprint density at radius 2 is 2.42 bits per heavy atom. The van der Waals surface area contributed by atoms with Gasteiger partial charge in [0.1, 0.15) is 0 Å². The smallest absolute Gasteiger partial charge is 0.0656 e. The van der Waals surface area contributed by atoms with E-state index in [0.717, 1.165) is 6.54 Å². The Hall–Kier alpha value is 0.390. The van der Waals surface area contributed by atoms with Crippen molar-refractivity contribution in [2.24, 2.45) is 0 Å². The number of hydrogen-bond donors (Lipinski definition) is 1. The Bertz CT molecular complexity index is 234. The van der Waals surface area contributed by atoms with Crippen LogP contribution in [0, 0.1) is 2.88 Å². The normalized spacial score (nSPS) is 13.2. The molecule has 0 saturated heterocycles. The summed E-state index contributed by atoms with van der Waals surface area (Å²) < 4.78 is 1.37. The zero-order valence-corrected chi connectivity index (χ0v) is 10.4. The third-order valence-corrected chi connectivity index (χ3v) is 3.60. The molecule has 0 aromatic carbocycles. The summed E-state index contributed by atoms with van der Waals surface area (Å²) >= 11 is 4.18. The molecule has 1 heterocycles. The van der Waals surface area contributed by atoms with Crippen molar-refractivity contribution < 1.29 is 0 Å². The van der Waals surface area contributed by atoms with Gasteiger partial charge in [-0.3, -0.25) is 0 Å². The molecule has 0 aliphatic heterocycles. The minimum absolute atomic E-state index is 0.504. The Labute approximate surface area is 91.7 Å². The molecule has 0 spiro atoms. The van der Waals surface area contributed by atoms with Gasteiger partial charge in [-0.25, -0.2) is 0 Å². The number of thiophene rings is 1. The molecule has 1 N–H and O–H groups in total. The molecule has 1 nitrogen and oxygen atoms in total. The lowest BCUT2D eigenvalue weighted by atomic mass is 10.2. The molecule has 0 aliphatic rings. The summed E-state index contributed by atoms with van der Waals surface area (Å²) in [4.78, 5) is 0. The maximum atomic E-state index is 3.47. The highest BCUT2D eigenvalue weighted by Gasteiger charge is 2.05. The maximum absolute atomic E-state index is 3.47. The summed E-state index contributed by atoms with van der Waals surface area (Å²) in [5, 5.41) is 5.70. The monoisotopic (exact) mass is 295 g/mol. The number of halogens is 1. The standard InChI is InChI=1S/C9H14INS/c1-3-4-11-7(2)8-5-9(10)12-6-8/h5-7,11H,3-4H2,1-2H3. The summed E-state index contributed by atoms with van der Waals surface area (Å²) in [6.45, 7) is 5.51. The van der Waals surface area contributed by atoms with E-state index in [0.29, 0.717) is 6.04 Å². The van der Waals surface area contributed by atoms with Crippen molar-refractivity contribution in [1.82, 2.24) is 5.32 Å². The largest absolute Gasteiger partial charge is 0.310 e. The fraction of sp³-hybridized carbons (Fsp3) is 0.556. The van der Waals surface area contributed by atoms with Crippen LogP contribution in [0.4, 0.5) is 0 Å². The zero-order valence-electron chi connectivity index (χ0n) is 7.43. The summed E-state index contributed by atoms with van der Waals surface area (Å²) in [6.07, 6.45) is 1.20. The van der Waals surface area contributed by atoms with Gasteiger partial charge >= 0.3 is 0 Å². The minimum atomic E-state index is 0.504. The molecule has 0 aliphatic carbocycles. The van der Waals surface area contributed by atoms with Crippen LogP contribution in [-0.4, -0.2) is 6.54 Å². The van der Waals surface area contributed by atoms with Gasteiger partial charge < -0.3 is 5.32 Å². The van der Waals surface area contributed by atoms with Gasteiger partial charge in [-0.2, -0.15) is 0 Å². The van der Waals surface area contributed by atoms with Gasteiger partial charge in [0.15, 0.2) is 0 Å². The second-order valence-electron chi connectivity index (χ2n) is 2.86. The quantitative estimate of drug-likeness (QED) is 0.839. The van der Waals surface area contributed by atoms with E-state index in [4.69, 9.17) is 0 Å². The Kier molecular flexibility index (Phi) is 4.53. The third-order valence-electron chi connectivity index (χ3n) is 1.79. The number of hydrogen-bond acceptors (Lipinski definition) is 2. The van der Waals surface area contributed by atoms with Crippen molar-refractivity contribution >= 4 is 33.9 Å². The van der Waals surface area contributed by atoms with Crippen molar-refractivity contribution in [2.75, 3.05) is 6.54 Å². The van der Waals surface area contributed by atoms with Crippen LogP contribution in [0.25, 0.3) is 0 Å². The Morgan fingerprint density at radius 3 is 2.92 bits per heavy atom. The van der Waals surface area contributed by atoms with Crippen LogP contribution in [0.1, 0.15) is 31.9 Å². The van der Waals surface area contributed by atoms with Crippen LogP contribution >= 0.6 is 33.9 Å². The molecule has 12 heavy (non-hydrogen) atoms. The summed E-state index contributed by atoms with van der Waals surface area (Å²) in [7, 11) is 0. The lowest BCUT2D eigenvalue weighted by Gasteiger charge is -2.10.